The highest BCUT2D eigenvalue weighted by Crippen LogP contribution is 2.47. The summed E-state index contributed by atoms with van der Waals surface area (Å²) in [4.78, 5) is 17.4. The summed E-state index contributed by atoms with van der Waals surface area (Å²) in [6, 6.07) is 14.2. The van der Waals surface area contributed by atoms with E-state index in [-0.39, 0.29) is 17.1 Å². The molecule has 3 nitrogen and oxygen atoms in total. The van der Waals surface area contributed by atoms with Crippen molar-refractivity contribution in [1.29, 1.82) is 0 Å². The van der Waals surface area contributed by atoms with Gasteiger partial charge < -0.3 is 4.90 Å². The SMILES string of the molecule is C=C(C)CN1CCC2(CC1)CN(C(=O)c1cccc(F)c1)c1ccccc12. The highest BCUT2D eigenvalue weighted by Gasteiger charge is 2.46. The molecule has 27 heavy (non-hydrogen) atoms. The molecule has 4 rings (SSSR count). The quantitative estimate of drug-likeness (QED) is 0.754. The van der Waals surface area contributed by atoms with E-state index in [0.717, 1.165) is 38.2 Å². The van der Waals surface area contributed by atoms with E-state index in [1.807, 2.05) is 17.0 Å². The van der Waals surface area contributed by atoms with Crippen molar-refractivity contribution in [1.82, 2.24) is 4.90 Å². The number of carbonyl (C=O) groups is 1. The second-order valence-corrected chi connectivity index (χ2v) is 7.93. The van der Waals surface area contributed by atoms with Crippen molar-refractivity contribution in [3.05, 3.63) is 77.6 Å². The van der Waals surface area contributed by atoms with Gasteiger partial charge in [0.25, 0.3) is 5.91 Å². The second-order valence-electron chi connectivity index (χ2n) is 7.93. The molecule has 0 N–H and O–H groups in total. The van der Waals surface area contributed by atoms with Gasteiger partial charge in [-0.2, -0.15) is 0 Å². The van der Waals surface area contributed by atoms with E-state index in [0.29, 0.717) is 12.1 Å². The number of anilines is 1. The maximum atomic E-state index is 13.6. The topological polar surface area (TPSA) is 23.6 Å². The molecule has 0 aromatic heterocycles. The molecule has 0 bridgehead atoms. The van der Waals surface area contributed by atoms with Crippen LogP contribution < -0.4 is 4.90 Å². The average Bonchev–Trinajstić information content (AvgIpc) is 2.97. The van der Waals surface area contributed by atoms with Gasteiger partial charge >= 0.3 is 0 Å². The molecule has 2 aliphatic heterocycles. The molecule has 2 aromatic rings. The van der Waals surface area contributed by atoms with E-state index in [2.05, 4.69) is 30.5 Å². The van der Waals surface area contributed by atoms with Crippen LogP contribution in [0.25, 0.3) is 0 Å². The molecule has 0 unspecified atom stereocenters. The van der Waals surface area contributed by atoms with Crippen molar-refractivity contribution < 1.29 is 9.18 Å². The Hall–Kier alpha value is -2.46. The largest absolute Gasteiger partial charge is 0.307 e. The average molecular weight is 364 g/mol. The Morgan fingerprint density at radius 2 is 1.89 bits per heavy atom. The Morgan fingerprint density at radius 1 is 1.15 bits per heavy atom. The fraction of sp³-hybridized carbons (Fsp3) is 0.348. The molecule has 0 atom stereocenters. The summed E-state index contributed by atoms with van der Waals surface area (Å²) in [5.41, 5.74) is 3.80. The summed E-state index contributed by atoms with van der Waals surface area (Å²) in [6.07, 6.45) is 2.04. The van der Waals surface area contributed by atoms with Crippen molar-refractivity contribution in [3.63, 3.8) is 0 Å². The van der Waals surface area contributed by atoms with Crippen molar-refractivity contribution in [2.45, 2.75) is 25.2 Å². The number of piperidine rings is 1. The summed E-state index contributed by atoms with van der Waals surface area (Å²) in [6.45, 7) is 9.70. The lowest BCUT2D eigenvalue weighted by atomic mass is 9.74. The van der Waals surface area contributed by atoms with Gasteiger partial charge in [-0.05, 0) is 62.7 Å². The van der Waals surface area contributed by atoms with Crippen molar-refractivity contribution >= 4 is 11.6 Å². The number of hydrogen-bond acceptors (Lipinski definition) is 2. The summed E-state index contributed by atoms with van der Waals surface area (Å²) < 4.78 is 13.6. The highest BCUT2D eigenvalue weighted by atomic mass is 19.1. The predicted molar refractivity (Wildman–Crippen MR) is 107 cm³/mol. The fourth-order valence-corrected chi connectivity index (χ4v) is 4.54. The van der Waals surface area contributed by atoms with Crippen LogP contribution in [-0.4, -0.2) is 37.0 Å². The summed E-state index contributed by atoms with van der Waals surface area (Å²) in [7, 11) is 0. The second kappa shape index (κ2) is 6.93. The maximum absolute atomic E-state index is 13.6. The number of nitrogens with zero attached hydrogens (tertiary/aromatic N) is 2. The van der Waals surface area contributed by atoms with Gasteiger partial charge in [-0.25, -0.2) is 4.39 Å². The Morgan fingerprint density at radius 3 is 2.59 bits per heavy atom. The lowest BCUT2D eigenvalue weighted by Gasteiger charge is -2.40. The molecule has 1 spiro atoms. The van der Waals surface area contributed by atoms with Crippen molar-refractivity contribution in [3.8, 4) is 0 Å². The Bertz CT molecular complexity index is 883. The monoisotopic (exact) mass is 364 g/mol. The molecule has 1 fully saturated rings. The number of rotatable bonds is 3. The molecule has 4 heteroatoms. The molecule has 0 aliphatic carbocycles. The Labute approximate surface area is 160 Å². The van der Waals surface area contributed by atoms with Gasteiger partial charge in [-0.3, -0.25) is 9.69 Å². The zero-order valence-electron chi connectivity index (χ0n) is 15.7. The van der Waals surface area contributed by atoms with Crippen LogP contribution in [-0.2, 0) is 5.41 Å². The molecule has 0 saturated carbocycles. The molecule has 140 valence electrons. The number of amides is 1. The third-order valence-electron chi connectivity index (χ3n) is 5.85. The van der Waals surface area contributed by atoms with Crippen LogP contribution in [0, 0.1) is 5.82 Å². The van der Waals surface area contributed by atoms with E-state index in [4.69, 9.17) is 0 Å². The van der Waals surface area contributed by atoms with Crippen LogP contribution in [0.2, 0.25) is 0 Å². The van der Waals surface area contributed by atoms with Gasteiger partial charge in [0.15, 0.2) is 0 Å². The summed E-state index contributed by atoms with van der Waals surface area (Å²) in [5.74, 6) is -0.501. The third-order valence-corrected chi connectivity index (χ3v) is 5.85. The highest BCUT2D eigenvalue weighted by molar-refractivity contribution is 6.07. The van der Waals surface area contributed by atoms with Crippen LogP contribution >= 0.6 is 0 Å². The number of fused-ring (bicyclic) bond motifs is 2. The number of halogens is 1. The zero-order chi connectivity index (χ0) is 19.0. The number of likely N-dealkylation sites (tertiary alicyclic amines) is 1. The number of hydrogen-bond donors (Lipinski definition) is 0. The minimum atomic E-state index is -0.379. The molecule has 2 aromatic carbocycles. The van der Waals surface area contributed by atoms with Gasteiger partial charge in [0.2, 0.25) is 0 Å². The summed E-state index contributed by atoms with van der Waals surface area (Å²) >= 11 is 0. The normalized spacial score (nSPS) is 18.5. The third kappa shape index (κ3) is 3.30. The molecule has 2 aliphatic rings. The van der Waals surface area contributed by atoms with Gasteiger partial charge in [-0.1, -0.05) is 36.4 Å². The Kier molecular flexibility index (Phi) is 4.60. The zero-order valence-corrected chi connectivity index (χ0v) is 15.7. The maximum Gasteiger partial charge on any atom is 0.258 e. The van der Waals surface area contributed by atoms with Gasteiger partial charge in [0.1, 0.15) is 5.82 Å². The minimum Gasteiger partial charge on any atom is -0.307 e. The number of benzene rings is 2. The smallest absolute Gasteiger partial charge is 0.258 e. The Balaban J connectivity index is 1.62. The first-order valence-corrected chi connectivity index (χ1v) is 9.52. The number of carbonyl (C=O) groups excluding carboxylic acids is 1. The molecule has 1 amide bonds. The van der Waals surface area contributed by atoms with E-state index >= 15 is 0 Å². The molecule has 1 saturated heterocycles. The number of para-hydroxylation sites is 1. The summed E-state index contributed by atoms with van der Waals surface area (Å²) in [5, 5.41) is 0. The fourth-order valence-electron chi connectivity index (χ4n) is 4.54. The molecule has 0 radical (unpaired) electrons. The molecular formula is C23H25FN2O. The first kappa shape index (κ1) is 17.9. The van der Waals surface area contributed by atoms with Crippen LogP contribution in [0.4, 0.5) is 10.1 Å². The predicted octanol–water partition coefficient (Wildman–Crippen LogP) is 4.40. The standard InChI is InChI=1S/C23H25FN2O/c1-17(2)15-25-12-10-23(11-13-25)16-26(21-9-4-3-8-20(21)23)22(27)18-6-5-7-19(24)14-18/h3-9,14H,1,10-13,15-16H2,2H3. The first-order chi connectivity index (χ1) is 13.0. The van der Waals surface area contributed by atoms with E-state index in [1.165, 1.54) is 23.3 Å². The lowest BCUT2D eigenvalue weighted by Crippen LogP contribution is -2.46. The van der Waals surface area contributed by atoms with Crippen molar-refractivity contribution in [2.75, 3.05) is 31.1 Å². The van der Waals surface area contributed by atoms with Gasteiger partial charge in [0, 0.05) is 29.8 Å². The van der Waals surface area contributed by atoms with Crippen molar-refractivity contribution in [2.24, 2.45) is 0 Å². The van der Waals surface area contributed by atoms with Crippen LogP contribution in [0.1, 0.15) is 35.7 Å². The van der Waals surface area contributed by atoms with Crippen LogP contribution in [0.5, 0.6) is 0 Å². The van der Waals surface area contributed by atoms with Gasteiger partial charge in [-0.15, -0.1) is 0 Å². The first-order valence-electron chi connectivity index (χ1n) is 9.52. The van der Waals surface area contributed by atoms with Crippen LogP contribution in [0.3, 0.4) is 0 Å². The lowest BCUT2D eigenvalue weighted by molar-refractivity contribution is 0.0977. The minimum absolute atomic E-state index is 0.00878. The van der Waals surface area contributed by atoms with Gasteiger partial charge in [0.05, 0.1) is 0 Å². The van der Waals surface area contributed by atoms with E-state index in [1.54, 1.807) is 12.1 Å². The van der Waals surface area contributed by atoms with E-state index < -0.39 is 0 Å². The van der Waals surface area contributed by atoms with E-state index in [9.17, 15) is 9.18 Å². The molecular weight excluding hydrogens is 339 g/mol. The van der Waals surface area contributed by atoms with Crippen LogP contribution in [0.15, 0.2) is 60.7 Å². The molecule has 2 heterocycles.